The molecule has 302 valence electrons. The fraction of sp³-hybridized carbons (Fsp3) is 0.463. The summed E-state index contributed by atoms with van der Waals surface area (Å²) < 4.78 is 12.2. The Morgan fingerprint density at radius 1 is 0.825 bits per heavy atom. The van der Waals surface area contributed by atoms with E-state index < -0.39 is 5.54 Å². The lowest BCUT2D eigenvalue weighted by molar-refractivity contribution is -0.144. The fourth-order valence-electron chi connectivity index (χ4n) is 8.47. The third-order valence-corrected chi connectivity index (χ3v) is 12.5. The molecule has 4 aromatic rings. The second-order valence-corrected chi connectivity index (χ2v) is 15.9. The number of tetrazole rings is 1. The van der Waals surface area contributed by atoms with E-state index in [4.69, 9.17) is 32.7 Å². The van der Waals surface area contributed by atoms with Gasteiger partial charge in [0.05, 0.1) is 47.1 Å². The van der Waals surface area contributed by atoms with Gasteiger partial charge >= 0.3 is 12.0 Å². The molecule has 1 aromatic heterocycles. The number of methoxy groups -OCH3 is 1. The molecular weight excluding hydrogens is 769 g/mol. The van der Waals surface area contributed by atoms with E-state index in [9.17, 15) is 14.4 Å². The van der Waals surface area contributed by atoms with Crippen LogP contribution in [0.25, 0.3) is 5.69 Å². The number of carbonyl (C=O) groups is 3. The van der Waals surface area contributed by atoms with E-state index in [0.717, 1.165) is 56.4 Å². The van der Waals surface area contributed by atoms with Crippen molar-refractivity contribution in [2.45, 2.75) is 43.6 Å². The second-order valence-electron chi connectivity index (χ2n) is 15.1. The quantitative estimate of drug-likeness (QED) is 0.194. The minimum Gasteiger partial charge on any atom is -0.496 e. The molecule has 14 nitrogen and oxygen atoms in total. The summed E-state index contributed by atoms with van der Waals surface area (Å²) in [6.07, 6.45) is 4.51. The first kappa shape index (κ1) is 40.4. The van der Waals surface area contributed by atoms with Crippen molar-refractivity contribution < 1.29 is 23.9 Å². The van der Waals surface area contributed by atoms with Gasteiger partial charge < -0.3 is 29.5 Å². The maximum atomic E-state index is 14.3. The predicted octanol–water partition coefficient (Wildman–Crippen LogP) is 5.03. The average molecular weight is 819 g/mol. The highest BCUT2D eigenvalue weighted by Crippen LogP contribution is 2.42. The summed E-state index contributed by atoms with van der Waals surface area (Å²) in [5.74, 6) is 0.101. The van der Waals surface area contributed by atoms with Gasteiger partial charge in [-0.15, -0.1) is 5.10 Å². The lowest BCUT2D eigenvalue weighted by Crippen LogP contribution is -2.59. The number of rotatable bonds is 12. The molecule has 57 heavy (non-hydrogen) atoms. The van der Waals surface area contributed by atoms with Gasteiger partial charge in [-0.2, -0.15) is 0 Å². The van der Waals surface area contributed by atoms with Gasteiger partial charge in [-0.1, -0.05) is 59.6 Å². The molecule has 1 atom stereocenters. The lowest BCUT2D eigenvalue weighted by atomic mass is 9.76. The normalized spacial score (nSPS) is 20.0. The number of halogens is 2. The van der Waals surface area contributed by atoms with Crippen molar-refractivity contribution in [1.82, 2.24) is 45.1 Å². The van der Waals surface area contributed by atoms with Crippen molar-refractivity contribution in [3.63, 3.8) is 0 Å². The van der Waals surface area contributed by atoms with Crippen molar-refractivity contribution >= 4 is 41.1 Å². The Bertz CT molecular complexity index is 2020. The number of amides is 3. The van der Waals surface area contributed by atoms with Crippen molar-refractivity contribution in [2.24, 2.45) is 0 Å². The number of ether oxygens (including phenoxy) is 2. The number of hydrogen-bond donors (Lipinski definition) is 1. The first-order valence-electron chi connectivity index (χ1n) is 19.5. The van der Waals surface area contributed by atoms with Crippen LogP contribution in [-0.2, 0) is 20.5 Å². The van der Waals surface area contributed by atoms with Crippen LogP contribution in [0.1, 0.15) is 54.1 Å². The Labute approximate surface area is 343 Å². The minimum absolute atomic E-state index is 0.0857. The number of benzene rings is 3. The number of urea groups is 1. The van der Waals surface area contributed by atoms with E-state index in [-0.39, 0.29) is 29.9 Å². The van der Waals surface area contributed by atoms with Gasteiger partial charge in [0, 0.05) is 57.8 Å². The van der Waals surface area contributed by atoms with Crippen LogP contribution in [0.4, 0.5) is 4.79 Å². The van der Waals surface area contributed by atoms with Crippen molar-refractivity contribution in [3.8, 4) is 11.4 Å². The Hall–Kier alpha value is -4.76. The molecule has 1 N–H and O–H groups in total. The van der Waals surface area contributed by atoms with Crippen molar-refractivity contribution in [1.29, 1.82) is 0 Å². The SMILES string of the molecule is CCOC(=O)CN1CCN(C(=O)NC2(c3ccccc3)CCN(CC[C@@]3(c4ccc(Cl)c(Cl)c4)CCN(C(=O)c4cc(-n5cnnn5)ccc4OC)C3)CC2)CC1. The highest BCUT2D eigenvalue weighted by molar-refractivity contribution is 6.42. The largest absolute Gasteiger partial charge is 0.496 e. The van der Waals surface area contributed by atoms with Gasteiger partial charge in [0.1, 0.15) is 12.1 Å². The standard InChI is InChI=1S/C41H49Cl2N9O5/c1-3-57-37(53)27-49-21-23-50(24-22-49)39(55)45-41(30-7-5-4-6-8-30)15-18-48(19-16-41)17-13-40(31-9-11-34(42)35(43)25-31)14-20-51(28-40)38(54)33-26-32(10-12-36(33)56-2)52-29-44-46-47-52/h4-12,25-26,29H,3,13-24,27-28H2,1-2H3,(H,45,55)/t40-/m1/s1. The lowest BCUT2D eigenvalue weighted by Gasteiger charge is -2.45. The van der Waals surface area contributed by atoms with E-state index in [1.807, 2.05) is 57.2 Å². The van der Waals surface area contributed by atoms with Crippen LogP contribution in [0.3, 0.4) is 0 Å². The van der Waals surface area contributed by atoms with Gasteiger partial charge in [0.15, 0.2) is 0 Å². The molecule has 3 aliphatic heterocycles. The zero-order chi connectivity index (χ0) is 40.0. The van der Waals surface area contributed by atoms with Crippen LogP contribution in [0, 0.1) is 0 Å². The van der Waals surface area contributed by atoms with Crippen LogP contribution < -0.4 is 10.1 Å². The van der Waals surface area contributed by atoms with Crippen LogP contribution in [-0.4, -0.2) is 137 Å². The van der Waals surface area contributed by atoms with Gasteiger partial charge in [-0.25, -0.2) is 9.48 Å². The Balaban J connectivity index is 1.04. The molecule has 3 saturated heterocycles. The van der Waals surface area contributed by atoms with E-state index in [2.05, 4.69) is 37.9 Å². The molecule has 3 aromatic carbocycles. The Morgan fingerprint density at radius 2 is 1.60 bits per heavy atom. The van der Waals surface area contributed by atoms with Crippen LogP contribution >= 0.6 is 23.2 Å². The molecule has 0 unspecified atom stereocenters. The first-order valence-corrected chi connectivity index (χ1v) is 20.3. The third kappa shape index (κ3) is 9.04. The average Bonchev–Trinajstić information content (AvgIpc) is 3.94. The molecule has 0 bridgehead atoms. The molecule has 7 rings (SSSR count). The fourth-order valence-corrected chi connectivity index (χ4v) is 8.76. The number of nitrogens with one attached hydrogen (secondary N) is 1. The molecule has 0 spiro atoms. The van der Waals surface area contributed by atoms with Gasteiger partial charge in [0.25, 0.3) is 5.91 Å². The number of carbonyl (C=O) groups excluding carboxylic acids is 3. The molecule has 3 fully saturated rings. The smallest absolute Gasteiger partial charge is 0.320 e. The molecule has 3 aliphatic rings. The molecule has 3 amide bonds. The van der Waals surface area contributed by atoms with E-state index in [1.54, 1.807) is 26.2 Å². The summed E-state index contributed by atoms with van der Waals surface area (Å²) in [7, 11) is 1.56. The van der Waals surface area contributed by atoms with E-state index >= 15 is 0 Å². The number of aromatic nitrogens is 4. The van der Waals surface area contributed by atoms with Crippen molar-refractivity contribution in [3.05, 3.63) is 99.8 Å². The summed E-state index contributed by atoms with van der Waals surface area (Å²) in [6, 6.07) is 21.3. The number of hydrogen-bond acceptors (Lipinski definition) is 10. The molecule has 16 heteroatoms. The Morgan fingerprint density at radius 3 is 2.28 bits per heavy atom. The molecule has 4 heterocycles. The van der Waals surface area contributed by atoms with Gasteiger partial charge in [-0.05, 0) is 91.0 Å². The summed E-state index contributed by atoms with van der Waals surface area (Å²) in [5, 5.41) is 15.9. The molecule has 0 aliphatic carbocycles. The molecular formula is C41H49Cl2N9O5. The topological polar surface area (TPSA) is 138 Å². The number of piperazine rings is 1. The first-order chi connectivity index (χ1) is 27.6. The summed E-state index contributed by atoms with van der Waals surface area (Å²) in [5.41, 5.74) is 2.33. The highest BCUT2D eigenvalue weighted by Gasteiger charge is 2.44. The predicted molar refractivity (Wildman–Crippen MR) is 216 cm³/mol. The van der Waals surface area contributed by atoms with Crippen LogP contribution in [0.5, 0.6) is 5.75 Å². The zero-order valence-electron chi connectivity index (χ0n) is 32.4. The van der Waals surface area contributed by atoms with E-state index in [1.165, 1.54) is 11.0 Å². The van der Waals surface area contributed by atoms with Crippen molar-refractivity contribution in [2.75, 3.05) is 79.2 Å². The minimum atomic E-state index is -0.523. The van der Waals surface area contributed by atoms with Gasteiger partial charge in [-0.3, -0.25) is 14.5 Å². The summed E-state index contributed by atoms with van der Waals surface area (Å²) >= 11 is 13.0. The van der Waals surface area contributed by atoms with Crippen LogP contribution in [0.2, 0.25) is 10.0 Å². The second kappa shape index (κ2) is 17.8. The molecule has 0 saturated carbocycles. The number of nitrogens with zero attached hydrogens (tertiary/aromatic N) is 8. The number of likely N-dealkylation sites (tertiary alicyclic amines) is 2. The molecule has 0 radical (unpaired) electrons. The zero-order valence-corrected chi connectivity index (χ0v) is 33.9. The summed E-state index contributed by atoms with van der Waals surface area (Å²) in [6.45, 7) is 8.10. The third-order valence-electron chi connectivity index (χ3n) is 11.8. The number of esters is 1. The van der Waals surface area contributed by atoms with Crippen LogP contribution in [0.15, 0.2) is 73.1 Å². The maximum absolute atomic E-state index is 14.3. The number of piperidine rings is 1. The van der Waals surface area contributed by atoms with E-state index in [0.29, 0.717) is 72.9 Å². The summed E-state index contributed by atoms with van der Waals surface area (Å²) in [4.78, 5) is 48.3. The monoisotopic (exact) mass is 817 g/mol. The highest BCUT2D eigenvalue weighted by atomic mass is 35.5. The Kier molecular flexibility index (Phi) is 12.6. The maximum Gasteiger partial charge on any atom is 0.320 e. The van der Waals surface area contributed by atoms with Gasteiger partial charge in [0.2, 0.25) is 0 Å².